The predicted octanol–water partition coefficient (Wildman–Crippen LogP) is 3.25. The molecule has 1 saturated carbocycles. The number of likely N-dealkylation sites (tertiary alicyclic amines) is 1. The third kappa shape index (κ3) is 4.43. The third-order valence-corrected chi connectivity index (χ3v) is 8.41. The molecule has 196 valence electrons. The van der Waals surface area contributed by atoms with Gasteiger partial charge in [-0.15, -0.1) is 0 Å². The van der Waals surface area contributed by atoms with Gasteiger partial charge in [0.05, 0.1) is 5.56 Å². The van der Waals surface area contributed by atoms with E-state index < -0.39 is 17.8 Å². The summed E-state index contributed by atoms with van der Waals surface area (Å²) in [5.41, 5.74) is 2.40. The lowest BCUT2D eigenvalue weighted by Crippen LogP contribution is -2.57. The van der Waals surface area contributed by atoms with E-state index in [-0.39, 0.29) is 41.9 Å². The van der Waals surface area contributed by atoms with E-state index in [4.69, 9.17) is 10.00 Å². The first-order chi connectivity index (χ1) is 18.4. The SMILES string of the molecule is N#Cc1ccc(C2CN([C@@H]3CCCC[C@H]3Oc3ccc4c(c3)CN(C3CCC(=O)NC3=O)C4=O)C2)cc1F. The zero-order valence-corrected chi connectivity index (χ0v) is 21.0. The predicted molar refractivity (Wildman–Crippen MR) is 135 cm³/mol. The molecule has 0 aromatic heterocycles. The van der Waals surface area contributed by atoms with Gasteiger partial charge in [-0.2, -0.15) is 5.26 Å². The summed E-state index contributed by atoms with van der Waals surface area (Å²) in [5, 5.41) is 11.3. The highest BCUT2D eigenvalue weighted by Crippen LogP contribution is 2.37. The number of imide groups is 1. The molecular weight excluding hydrogens is 487 g/mol. The first kappa shape index (κ1) is 24.6. The fourth-order valence-corrected chi connectivity index (χ4v) is 6.30. The van der Waals surface area contributed by atoms with Gasteiger partial charge in [-0.3, -0.25) is 24.6 Å². The molecule has 3 amide bonds. The molecule has 4 aliphatic rings. The number of fused-ring (bicyclic) bond motifs is 1. The van der Waals surface area contributed by atoms with Crippen LogP contribution in [0.4, 0.5) is 4.39 Å². The van der Waals surface area contributed by atoms with Gasteiger partial charge < -0.3 is 9.64 Å². The van der Waals surface area contributed by atoms with Crippen LogP contribution in [0.3, 0.4) is 0 Å². The number of hydrogen-bond acceptors (Lipinski definition) is 6. The van der Waals surface area contributed by atoms with Crippen LogP contribution in [0.1, 0.15) is 71.5 Å². The third-order valence-electron chi connectivity index (χ3n) is 8.41. The molecule has 3 fully saturated rings. The number of amides is 3. The molecule has 2 saturated heterocycles. The molecule has 9 heteroatoms. The lowest BCUT2D eigenvalue weighted by molar-refractivity contribution is -0.136. The quantitative estimate of drug-likeness (QED) is 0.612. The summed E-state index contributed by atoms with van der Waals surface area (Å²) in [5.74, 6) is -0.420. The maximum atomic E-state index is 14.1. The zero-order chi connectivity index (χ0) is 26.4. The number of nitrogens with one attached hydrogen (secondary N) is 1. The summed E-state index contributed by atoms with van der Waals surface area (Å²) in [6.07, 6.45) is 4.78. The van der Waals surface area contributed by atoms with Crippen molar-refractivity contribution in [2.45, 2.75) is 69.2 Å². The van der Waals surface area contributed by atoms with Gasteiger partial charge >= 0.3 is 0 Å². The number of hydrogen-bond donors (Lipinski definition) is 1. The van der Waals surface area contributed by atoms with Gasteiger partial charge in [-0.1, -0.05) is 12.5 Å². The molecular formula is C29H29FN4O4. The van der Waals surface area contributed by atoms with Crippen LogP contribution in [0.2, 0.25) is 0 Å². The van der Waals surface area contributed by atoms with E-state index in [1.54, 1.807) is 17.0 Å². The van der Waals surface area contributed by atoms with Crippen molar-refractivity contribution in [3.8, 4) is 11.8 Å². The summed E-state index contributed by atoms with van der Waals surface area (Å²) in [6.45, 7) is 1.98. The maximum Gasteiger partial charge on any atom is 0.255 e. The Labute approximate surface area is 220 Å². The van der Waals surface area contributed by atoms with Crippen LogP contribution in [-0.4, -0.2) is 58.8 Å². The molecule has 38 heavy (non-hydrogen) atoms. The van der Waals surface area contributed by atoms with Crippen molar-refractivity contribution in [3.63, 3.8) is 0 Å². The van der Waals surface area contributed by atoms with E-state index in [1.165, 1.54) is 6.07 Å². The molecule has 3 heterocycles. The second-order valence-corrected chi connectivity index (χ2v) is 10.7. The fourth-order valence-electron chi connectivity index (χ4n) is 6.30. The summed E-state index contributed by atoms with van der Waals surface area (Å²) in [4.78, 5) is 40.8. The summed E-state index contributed by atoms with van der Waals surface area (Å²) in [7, 11) is 0. The zero-order valence-electron chi connectivity index (χ0n) is 21.0. The number of halogens is 1. The number of carbonyl (C=O) groups excluding carboxylic acids is 3. The minimum Gasteiger partial charge on any atom is -0.489 e. The average molecular weight is 517 g/mol. The highest BCUT2D eigenvalue weighted by Gasteiger charge is 2.41. The number of piperidine rings is 1. The molecule has 1 aliphatic carbocycles. The Morgan fingerprint density at radius 2 is 1.84 bits per heavy atom. The Morgan fingerprint density at radius 1 is 1.03 bits per heavy atom. The van der Waals surface area contributed by atoms with E-state index in [0.717, 1.165) is 49.9 Å². The van der Waals surface area contributed by atoms with E-state index in [1.807, 2.05) is 24.3 Å². The smallest absolute Gasteiger partial charge is 0.255 e. The minimum atomic E-state index is -0.636. The Hall–Kier alpha value is -3.77. The lowest BCUT2D eigenvalue weighted by atomic mass is 9.84. The van der Waals surface area contributed by atoms with Gasteiger partial charge in [0.2, 0.25) is 11.8 Å². The summed E-state index contributed by atoms with van der Waals surface area (Å²) < 4.78 is 20.6. The van der Waals surface area contributed by atoms with Crippen molar-refractivity contribution in [3.05, 3.63) is 64.5 Å². The van der Waals surface area contributed by atoms with Crippen LogP contribution < -0.4 is 10.1 Å². The van der Waals surface area contributed by atoms with Crippen LogP contribution in [0.25, 0.3) is 0 Å². The van der Waals surface area contributed by atoms with Gasteiger partial charge in [-0.25, -0.2) is 4.39 Å². The van der Waals surface area contributed by atoms with Crippen molar-refractivity contribution in [2.24, 2.45) is 0 Å². The van der Waals surface area contributed by atoms with Crippen molar-refractivity contribution in [2.75, 3.05) is 13.1 Å². The molecule has 2 aromatic rings. The maximum absolute atomic E-state index is 14.1. The van der Waals surface area contributed by atoms with Crippen molar-refractivity contribution >= 4 is 17.7 Å². The van der Waals surface area contributed by atoms with Crippen LogP contribution in [0.15, 0.2) is 36.4 Å². The van der Waals surface area contributed by atoms with E-state index >= 15 is 0 Å². The van der Waals surface area contributed by atoms with Gasteiger partial charge in [0, 0.05) is 43.6 Å². The number of benzene rings is 2. The van der Waals surface area contributed by atoms with Crippen LogP contribution in [0, 0.1) is 17.1 Å². The number of carbonyl (C=O) groups is 3. The average Bonchev–Trinajstić information content (AvgIpc) is 3.19. The number of nitriles is 1. The Kier molecular flexibility index (Phi) is 6.36. The summed E-state index contributed by atoms with van der Waals surface area (Å²) in [6, 6.07) is 11.9. The molecule has 0 bridgehead atoms. The van der Waals surface area contributed by atoms with E-state index in [0.29, 0.717) is 24.3 Å². The van der Waals surface area contributed by atoms with Crippen LogP contribution in [-0.2, 0) is 16.1 Å². The standard InChI is InChI=1S/C29H29FN4O4/c30-23-12-17(5-6-18(23)13-31)20-14-33(15-20)24-3-1-2-4-26(24)38-21-7-8-22-19(11-21)16-34(29(22)37)25-9-10-27(35)32-28(25)36/h5-8,11-12,20,24-26H,1-4,9-10,14-16H2,(H,32,35,36)/t24-,25?,26-/m1/s1. The second kappa shape index (κ2) is 9.84. The Bertz CT molecular complexity index is 1350. The molecule has 0 radical (unpaired) electrons. The number of rotatable bonds is 5. The molecule has 3 aliphatic heterocycles. The molecule has 6 rings (SSSR count). The van der Waals surface area contributed by atoms with Crippen molar-refractivity contribution < 1.29 is 23.5 Å². The Morgan fingerprint density at radius 3 is 2.61 bits per heavy atom. The second-order valence-electron chi connectivity index (χ2n) is 10.7. The molecule has 0 spiro atoms. The monoisotopic (exact) mass is 516 g/mol. The van der Waals surface area contributed by atoms with Crippen molar-refractivity contribution in [1.82, 2.24) is 15.1 Å². The first-order valence-corrected chi connectivity index (χ1v) is 13.3. The van der Waals surface area contributed by atoms with Gasteiger partial charge in [0.1, 0.15) is 29.8 Å². The molecule has 8 nitrogen and oxygen atoms in total. The van der Waals surface area contributed by atoms with Gasteiger partial charge in [0.25, 0.3) is 5.91 Å². The molecule has 2 aromatic carbocycles. The molecule has 1 N–H and O–H groups in total. The normalized spacial score (nSPS) is 25.9. The van der Waals surface area contributed by atoms with E-state index in [2.05, 4.69) is 10.2 Å². The number of ether oxygens (including phenoxy) is 1. The summed E-state index contributed by atoms with van der Waals surface area (Å²) >= 11 is 0. The van der Waals surface area contributed by atoms with Crippen LogP contribution in [0.5, 0.6) is 5.75 Å². The Balaban J connectivity index is 1.11. The van der Waals surface area contributed by atoms with Crippen LogP contribution >= 0.6 is 0 Å². The lowest BCUT2D eigenvalue weighted by Gasteiger charge is -2.48. The van der Waals surface area contributed by atoms with Gasteiger partial charge in [-0.05, 0) is 67.1 Å². The highest BCUT2D eigenvalue weighted by molar-refractivity contribution is 6.05. The topological polar surface area (TPSA) is 103 Å². The highest BCUT2D eigenvalue weighted by atomic mass is 19.1. The molecule has 3 atom stereocenters. The first-order valence-electron chi connectivity index (χ1n) is 13.3. The van der Waals surface area contributed by atoms with E-state index in [9.17, 15) is 18.8 Å². The van der Waals surface area contributed by atoms with Crippen molar-refractivity contribution in [1.29, 1.82) is 5.26 Å². The van der Waals surface area contributed by atoms with Gasteiger partial charge in [0.15, 0.2) is 0 Å². The number of nitrogens with zero attached hydrogens (tertiary/aromatic N) is 3. The fraction of sp³-hybridized carbons (Fsp3) is 0.448. The largest absolute Gasteiger partial charge is 0.489 e. The minimum absolute atomic E-state index is 0.0174. The molecule has 1 unspecified atom stereocenters.